The summed E-state index contributed by atoms with van der Waals surface area (Å²) in [6, 6.07) is 5.09. The Morgan fingerprint density at radius 1 is 1.48 bits per heavy atom. The van der Waals surface area contributed by atoms with Crippen molar-refractivity contribution in [2.45, 2.75) is 26.2 Å². The second kappa shape index (κ2) is 7.19. The summed E-state index contributed by atoms with van der Waals surface area (Å²) in [5.41, 5.74) is 7.61. The van der Waals surface area contributed by atoms with Crippen molar-refractivity contribution in [3.8, 4) is 5.75 Å². The van der Waals surface area contributed by atoms with Crippen LogP contribution in [0.1, 0.15) is 22.7 Å². The Morgan fingerprint density at radius 3 is 3.05 bits per heavy atom. The predicted octanol–water partition coefficient (Wildman–Crippen LogP) is 2.23. The van der Waals surface area contributed by atoms with Crippen LogP contribution in [0, 0.1) is 6.92 Å². The lowest BCUT2D eigenvalue weighted by molar-refractivity contribution is -0.115. The molecule has 1 aromatic carbocycles. The van der Waals surface area contributed by atoms with E-state index in [2.05, 4.69) is 10.3 Å². The van der Waals surface area contributed by atoms with Gasteiger partial charge in [0.25, 0.3) is 0 Å². The van der Waals surface area contributed by atoms with Crippen LogP contribution in [0.2, 0.25) is 0 Å². The third kappa shape index (κ3) is 4.54. The molecular weight excluding hydrogens is 286 g/mol. The van der Waals surface area contributed by atoms with Gasteiger partial charge in [0.2, 0.25) is 5.91 Å². The molecule has 1 amide bonds. The van der Waals surface area contributed by atoms with Gasteiger partial charge in [-0.05, 0) is 37.6 Å². The van der Waals surface area contributed by atoms with Crippen molar-refractivity contribution < 1.29 is 9.90 Å². The number of carbonyl (C=O) groups excluding carboxylic acids is 1. The number of rotatable bonds is 6. The Balaban J connectivity index is 1.95. The van der Waals surface area contributed by atoms with E-state index < -0.39 is 0 Å². The van der Waals surface area contributed by atoms with Gasteiger partial charge in [0.05, 0.1) is 22.8 Å². The number of phenolic OH excluding ortho intramolecular Hbond substituents is 1. The SMILES string of the molecule is Cc1ccc(O)c(NC(=O)Cc2csc(CCCN)n2)c1. The Hall–Kier alpha value is -1.92. The normalized spacial score (nSPS) is 10.6. The number of nitrogens with one attached hydrogen (secondary N) is 1. The van der Waals surface area contributed by atoms with Gasteiger partial charge in [-0.1, -0.05) is 6.07 Å². The molecule has 1 aromatic heterocycles. The maximum absolute atomic E-state index is 12.0. The lowest BCUT2D eigenvalue weighted by Gasteiger charge is -2.07. The highest BCUT2D eigenvalue weighted by Gasteiger charge is 2.10. The summed E-state index contributed by atoms with van der Waals surface area (Å²) in [7, 11) is 0. The number of aryl methyl sites for hydroxylation is 2. The minimum Gasteiger partial charge on any atom is -0.506 e. The van der Waals surface area contributed by atoms with Gasteiger partial charge in [-0.15, -0.1) is 11.3 Å². The van der Waals surface area contributed by atoms with E-state index in [0.29, 0.717) is 12.2 Å². The number of anilines is 1. The molecular formula is C15H19N3O2S. The highest BCUT2D eigenvalue weighted by molar-refractivity contribution is 7.09. The first-order valence-corrected chi connectivity index (χ1v) is 7.69. The van der Waals surface area contributed by atoms with E-state index in [0.717, 1.165) is 29.1 Å². The first-order chi connectivity index (χ1) is 10.1. The average molecular weight is 305 g/mol. The van der Waals surface area contributed by atoms with Gasteiger partial charge < -0.3 is 16.2 Å². The molecule has 21 heavy (non-hydrogen) atoms. The number of hydrogen-bond donors (Lipinski definition) is 3. The lowest BCUT2D eigenvalue weighted by atomic mass is 10.2. The second-order valence-electron chi connectivity index (χ2n) is 4.87. The third-order valence-electron chi connectivity index (χ3n) is 2.96. The molecule has 0 atom stereocenters. The van der Waals surface area contributed by atoms with Crippen molar-refractivity contribution in [3.05, 3.63) is 39.8 Å². The molecule has 0 aliphatic heterocycles. The van der Waals surface area contributed by atoms with Crippen LogP contribution in [0.3, 0.4) is 0 Å². The summed E-state index contributed by atoms with van der Waals surface area (Å²) in [5, 5.41) is 15.3. The summed E-state index contributed by atoms with van der Waals surface area (Å²) < 4.78 is 0. The molecule has 2 rings (SSSR count). The van der Waals surface area contributed by atoms with E-state index in [1.807, 2.05) is 12.3 Å². The van der Waals surface area contributed by atoms with E-state index in [4.69, 9.17) is 5.73 Å². The van der Waals surface area contributed by atoms with Crippen LogP contribution in [0.15, 0.2) is 23.6 Å². The topological polar surface area (TPSA) is 88.2 Å². The number of aromatic nitrogens is 1. The van der Waals surface area contributed by atoms with Crippen LogP contribution < -0.4 is 11.1 Å². The molecule has 6 heteroatoms. The first-order valence-electron chi connectivity index (χ1n) is 6.81. The van der Waals surface area contributed by atoms with Gasteiger partial charge in [-0.2, -0.15) is 0 Å². The Labute approximate surface area is 127 Å². The lowest BCUT2D eigenvalue weighted by Crippen LogP contribution is -2.14. The number of carbonyl (C=O) groups is 1. The van der Waals surface area contributed by atoms with E-state index in [9.17, 15) is 9.90 Å². The largest absolute Gasteiger partial charge is 0.506 e. The summed E-state index contributed by atoms with van der Waals surface area (Å²) >= 11 is 1.55. The van der Waals surface area contributed by atoms with Crippen LogP contribution in [0.25, 0.3) is 0 Å². The number of nitrogens with zero attached hydrogens (tertiary/aromatic N) is 1. The quantitative estimate of drug-likeness (QED) is 0.714. The Kier molecular flexibility index (Phi) is 5.30. The molecule has 4 N–H and O–H groups in total. The number of hydrogen-bond acceptors (Lipinski definition) is 5. The van der Waals surface area contributed by atoms with Crippen molar-refractivity contribution in [1.82, 2.24) is 4.98 Å². The van der Waals surface area contributed by atoms with Crippen molar-refractivity contribution in [3.63, 3.8) is 0 Å². The van der Waals surface area contributed by atoms with Gasteiger partial charge in [-0.25, -0.2) is 4.98 Å². The second-order valence-corrected chi connectivity index (χ2v) is 5.81. The van der Waals surface area contributed by atoms with Crippen LogP contribution in [0.5, 0.6) is 5.75 Å². The zero-order chi connectivity index (χ0) is 15.2. The molecule has 5 nitrogen and oxygen atoms in total. The molecule has 112 valence electrons. The number of aromatic hydroxyl groups is 1. The van der Waals surface area contributed by atoms with Crippen molar-refractivity contribution in [2.24, 2.45) is 5.73 Å². The molecule has 0 spiro atoms. The molecule has 0 aliphatic carbocycles. The number of benzene rings is 1. The predicted molar refractivity (Wildman–Crippen MR) is 84.7 cm³/mol. The Bertz CT molecular complexity index is 625. The molecule has 0 unspecified atom stereocenters. The summed E-state index contributed by atoms with van der Waals surface area (Å²) in [6.45, 7) is 2.54. The fourth-order valence-corrected chi connectivity index (χ4v) is 2.75. The summed E-state index contributed by atoms with van der Waals surface area (Å²) in [5.74, 6) is -0.123. The average Bonchev–Trinajstić information content (AvgIpc) is 2.88. The van der Waals surface area contributed by atoms with Crippen LogP contribution in [-0.4, -0.2) is 22.5 Å². The molecule has 0 saturated heterocycles. The van der Waals surface area contributed by atoms with E-state index in [-0.39, 0.29) is 18.1 Å². The molecule has 0 aliphatic rings. The monoisotopic (exact) mass is 305 g/mol. The van der Waals surface area contributed by atoms with Crippen molar-refractivity contribution in [2.75, 3.05) is 11.9 Å². The number of phenols is 1. The van der Waals surface area contributed by atoms with Crippen LogP contribution in [-0.2, 0) is 17.6 Å². The van der Waals surface area contributed by atoms with Crippen molar-refractivity contribution in [1.29, 1.82) is 0 Å². The zero-order valence-electron chi connectivity index (χ0n) is 11.9. The molecule has 1 heterocycles. The smallest absolute Gasteiger partial charge is 0.230 e. The number of thiazole rings is 1. The third-order valence-corrected chi connectivity index (χ3v) is 3.92. The molecule has 2 aromatic rings. The fraction of sp³-hybridized carbons (Fsp3) is 0.333. The van der Waals surface area contributed by atoms with Gasteiger partial charge in [0, 0.05) is 11.8 Å². The van der Waals surface area contributed by atoms with E-state index >= 15 is 0 Å². The number of amides is 1. The van der Waals surface area contributed by atoms with Gasteiger partial charge in [0.1, 0.15) is 5.75 Å². The fourth-order valence-electron chi connectivity index (χ4n) is 1.91. The van der Waals surface area contributed by atoms with E-state index in [1.54, 1.807) is 29.5 Å². The van der Waals surface area contributed by atoms with Crippen LogP contribution in [0.4, 0.5) is 5.69 Å². The van der Waals surface area contributed by atoms with Gasteiger partial charge in [0.15, 0.2) is 0 Å². The maximum Gasteiger partial charge on any atom is 0.230 e. The number of nitrogens with two attached hydrogens (primary N) is 1. The Morgan fingerprint density at radius 2 is 2.29 bits per heavy atom. The molecule has 0 saturated carbocycles. The van der Waals surface area contributed by atoms with Crippen LogP contribution >= 0.6 is 11.3 Å². The minimum atomic E-state index is -0.188. The molecule has 0 bridgehead atoms. The highest BCUT2D eigenvalue weighted by Crippen LogP contribution is 2.24. The molecule has 0 fully saturated rings. The minimum absolute atomic E-state index is 0.0656. The maximum atomic E-state index is 12.0. The summed E-state index contributed by atoms with van der Waals surface area (Å²) in [4.78, 5) is 16.4. The molecule has 0 radical (unpaired) electrons. The summed E-state index contributed by atoms with van der Waals surface area (Å²) in [6.07, 6.45) is 1.95. The van der Waals surface area contributed by atoms with Gasteiger partial charge in [-0.3, -0.25) is 4.79 Å². The van der Waals surface area contributed by atoms with Gasteiger partial charge >= 0.3 is 0 Å². The first kappa shape index (κ1) is 15.5. The highest BCUT2D eigenvalue weighted by atomic mass is 32.1. The van der Waals surface area contributed by atoms with Crippen molar-refractivity contribution >= 4 is 22.9 Å². The van der Waals surface area contributed by atoms with E-state index in [1.165, 1.54) is 0 Å². The standard InChI is InChI=1S/C15H19N3O2S/c1-10-4-5-13(19)12(7-10)18-14(20)8-11-9-21-15(17-11)3-2-6-16/h4-5,7,9,19H,2-3,6,8,16H2,1H3,(H,18,20). The zero-order valence-corrected chi connectivity index (χ0v) is 12.7.